The maximum Gasteiger partial charge on any atom is 0.306 e. The van der Waals surface area contributed by atoms with Gasteiger partial charge in [0, 0.05) is 26.5 Å². The van der Waals surface area contributed by atoms with Gasteiger partial charge in [0.15, 0.2) is 0 Å². The van der Waals surface area contributed by atoms with Crippen LogP contribution in [0.25, 0.3) is 0 Å². The Hall–Kier alpha value is -3.01. The first kappa shape index (κ1) is 30.0. The summed E-state index contributed by atoms with van der Waals surface area (Å²) in [6, 6.07) is 8.44. The SMILES string of the molecule is C=CCCC(=O)OC(c1ccccc1)C(COC)NC(=O)C(CC=C)CC(=O)NCCOCCO. The highest BCUT2D eigenvalue weighted by molar-refractivity contribution is 5.86. The molecule has 0 fully saturated rings. The summed E-state index contributed by atoms with van der Waals surface area (Å²) < 4.78 is 16.2. The maximum atomic E-state index is 13.2. The summed E-state index contributed by atoms with van der Waals surface area (Å²) in [5, 5.41) is 14.3. The van der Waals surface area contributed by atoms with E-state index in [2.05, 4.69) is 23.8 Å². The first-order valence-electron chi connectivity index (χ1n) is 11.7. The Morgan fingerprint density at radius 3 is 2.49 bits per heavy atom. The fraction of sp³-hybridized carbons (Fsp3) is 0.500. The summed E-state index contributed by atoms with van der Waals surface area (Å²) in [5.74, 6) is -1.77. The number of carbonyl (C=O) groups is 3. The van der Waals surface area contributed by atoms with E-state index >= 15 is 0 Å². The molecule has 0 heterocycles. The van der Waals surface area contributed by atoms with Crippen molar-refractivity contribution >= 4 is 17.8 Å². The van der Waals surface area contributed by atoms with E-state index < -0.39 is 24.0 Å². The molecule has 0 saturated carbocycles. The molecule has 9 nitrogen and oxygen atoms in total. The minimum atomic E-state index is -0.778. The van der Waals surface area contributed by atoms with E-state index in [0.717, 1.165) is 0 Å². The van der Waals surface area contributed by atoms with E-state index in [9.17, 15) is 14.4 Å². The Morgan fingerprint density at radius 1 is 1.11 bits per heavy atom. The van der Waals surface area contributed by atoms with Crippen molar-refractivity contribution in [2.75, 3.05) is 40.1 Å². The Kier molecular flexibility index (Phi) is 15.7. The number of aliphatic hydroxyl groups excluding tert-OH is 1. The van der Waals surface area contributed by atoms with Crippen LogP contribution in [0.3, 0.4) is 0 Å². The van der Waals surface area contributed by atoms with Gasteiger partial charge in [0.2, 0.25) is 11.8 Å². The summed E-state index contributed by atoms with van der Waals surface area (Å²) in [6.45, 7) is 8.04. The molecule has 0 bridgehead atoms. The van der Waals surface area contributed by atoms with Crippen molar-refractivity contribution in [1.82, 2.24) is 10.6 Å². The summed E-state index contributed by atoms with van der Waals surface area (Å²) in [5.41, 5.74) is 0.711. The van der Waals surface area contributed by atoms with Gasteiger partial charge in [-0.15, -0.1) is 13.2 Å². The number of benzene rings is 1. The Balaban J connectivity index is 2.93. The monoisotopic (exact) mass is 490 g/mol. The molecule has 0 spiro atoms. The fourth-order valence-corrected chi connectivity index (χ4v) is 3.34. The lowest BCUT2D eigenvalue weighted by molar-refractivity contribution is -0.153. The number of nitrogens with one attached hydrogen (secondary N) is 2. The molecule has 3 unspecified atom stereocenters. The Morgan fingerprint density at radius 2 is 1.86 bits per heavy atom. The van der Waals surface area contributed by atoms with Gasteiger partial charge in [0.05, 0.1) is 38.4 Å². The lowest BCUT2D eigenvalue weighted by Gasteiger charge is -2.29. The highest BCUT2D eigenvalue weighted by Gasteiger charge is 2.31. The number of amides is 2. The first-order chi connectivity index (χ1) is 17.0. The van der Waals surface area contributed by atoms with Crippen LogP contribution in [0.4, 0.5) is 0 Å². The average Bonchev–Trinajstić information content (AvgIpc) is 2.86. The number of hydrogen-bond acceptors (Lipinski definition) is 7. The van der Waals surface area contributed by atoms with Gasteiger partial charge in [-0.05, 0) is 18.4 Å². The molecule has 0 aliphatic carbocycles. The van der Waals surface area contributed by atoms with Gasteiger partial charge < -0.3 is 30.0 Å². The number of ether oxygens (including phenoxy) is 3. The molecule has 1 aromatic rings. The molecule has 35 heavy (non-hydrogen) atoms. The van der Waals surface area contributed by atoms with Crippen LogP contribution in [-0.4, -0.2) is 69.0 Å². The Bertz CT molecular complexity index is 785. The van der Waals surface area contributed by atoms with Crippen molar-refractivity contribution in [2.24, 2.45) is 5.92 Å². The number of allylic oxidation sites excluding steroid dienone is 2. The molecule has 0 aliphatic heterocycles. The summed E-state index contributed by atoms with van der Waals surface area (Å²) in [6.07, 6.45) is 3.32. The van der Waals surface area contributed by atoms with Gasteiger partial charge in [-0.2, -0.15) is 0 Å². The van der Waals surface area contributed by atoms with E-state index in [1.807, 2.05) is 30.3 Å². The van der Waals surface area contributed by atoms with Crippen molar-refractivity contribution in [2.45, 2.75) is 37.8 Å². The number of rotatable bonds is 19. The number of methoxy groups -OCH3 is 1. The topological polar surface area (TPSA) is 123 Å². The first-order valence-corrected chi connectivity index (χ1v) is 11.7. The largest absolute Gasteiger partial charge is 0.455 e. The second-order valence-corrected chi connectivity index (χ2v) is 7.83. The van der Waals surface area contributed by atoms with Crippen LogP contribution in [0.5, 0.6) is 0 Å². The van der Waals surface area contributed by atoms with Crippen LogP contribution in [0.1, 0.15) is 37.4 Å². The van der Waals surface area contributed by atoms with Crippen LogP contribution >= 0.6 is 0 Å². The number of hydrogen-bond donors (Lipinski definition) is 3. The van der Waals surface area contributed by atoms with Gasteiger partial charge in [-0.3, -0.25) is 14.4 Å². The van der Waals surface area contributed by atoms with Gasteiger partial charge >= 0.3 is 5.97 Å². The smallest absolute Gasteiger partial charge is 0.306 e. The zero-order valence-electron chi connectivity index (χ0n) is 20.4. The second-order valence-electron chi connectivity index (χ2n) is 7.83. The van der Waals surface area contributed by atoms with Crippen LogP contribution in [0.2, 0.25) is 0 Å². The van der Waals surface area contributed by atoms with Crippen molar-refractivity contribution in [3.8, 4) is 0 Å². The van der Waals surface area contributed by atoms with Crippen molar-refractivity contribution in [3.05, 3.63) is 61.2 Å². The van der Waals surface area contributed by atoms with E-state index in [1.165, 1.54) is 7.11 Å². The molecule has 1 aromatic carbocycles. The standard InChI is InChI=1S/C26H38N2O7/c1-4-6-13-24(31)35-25(20-11-8-7-9-12-20)22(19-33-3)28-26(32)21(10-5-2)18-23(30)27-14-16-34-17-15-29/h4-5,7-9,11-12,21-22,25,29H,1-2,6,10,13-19H2,3H3,(H,27,30)(H,28,32). The van der Waals surface area contributed by atoms with Crippen LogP contribution < -0.4 is 10.6 Å². The van der Waals surface area contributed by atoms with E-state index in [4.69, 9.17) is 19.3 Å². The van der Waals surface area contributed by atoms with Gasteiger partial charge in [-0.25, -0.2) is 0 Å². The highest BCUT2D eigenvalue weighted by Crippen LogP contribution is 2.24. The van der Waals surface area contributed by atoms with Crippen molar-refractivity contribution < 1.29 is 33.7 Å². The third-order valence-corrected chi connectivity index (χ3v) is 5.04. The third-order valence-electron chi connectivity index (χ3n) is 5.04. The molecule has 2 amide bonds. The zero-order chi connectivity index (χ0) is 25.9. The minimum absolute atomic E-state index is 0.0489. The molecule has 0 aromatic heterocycles. The summed E-state index contributed by atoms with van der Waals surface area (Å²) >= 11 is 0. The summed E-state index contributed by atoms with van der Waals surface area (Å²) in [4.78, 5) is 37.9. The molecule has 3 N–H and O–H groups in total. The Labute approximate surface area is 207 Å². The lowest BCUT2D eigenvalue weighted by Crippen LogP contribution is -2.47. The molecule has 9 heteroatoms. The zero-order valence-corrected chi connectivity index (χ0v) is 20.4. The maximum absolute atomic E-state index is 13.2. The molecule has 0 aliphatic rings. The van der Waals surface area contributed by atoms with Crippen molar-refractivity contribution in [3.63, 3.8) is 0 Å². The molecule has 3 atom stereocenters. The molecule has 0 radical (unpaired) electrons. The molecular formula is C26H38N2O7. The lowest BCUT2D eigenvalue weighted by atomic mass is 9.97. The second kappa shape index (κ2) is 18.3. The van der Waals surface area contributed by atoms with Crippen molar-refractivity contribution in [1.29, 1.82) is 0 Å². The fourth-order valence-electron chi connectivity index (χ4n) is 3.34. The molecular weight excluding hydrogens is 452 g/mol. The predicted molar refractivity (Wildman–Crippen MR) is 132 cm³/mol. The van der Waals surface area contributed by atoms with Gasteiger partial charge in [0.1, 0.15) is 6.10 Å². The number of aliphatic hydroxyl groups is 1. The molecule has 1 rings (SSSR count). The van der Waals surface area contributed by atoms with E-state index in [-0.39, 0.29) is 64.0 Å². The van der Waals surface area contributed by atoms with Gasteiger partial charge in [0.25, 0.3) is 0 Å². The van der Waals surface area contributed by atoms with Crippen LogP contribution in [0, 0.1) is 5.92 Å². The minimum Gasteiger partial charge on any atom is -0.455 e. The highest BCUT2D eigenvalue weighted by atomic mass is 16.5. The van der Waals surface area contributed by atoms with E-state index in [0.29, 0.717) is 12.0 Å². The van der Waals surface area contributed by atoms with Crippen LogP contribution in [0.15, 0.2) is 55.6 Å². The van der Waals surface area contributed by atoms with E-state index in [1.54, 1.807) is 12.2 Å². The normalized spacial score (nSPS) is 13.2. The third kappa shape index (κ3) is 12.3. The van der Waals surface area contributed by atoms with Gasteiger partial charge in [-0.1, -0.05) is 42.5 Å². The average molecular weight is 491 g/mol. The number of carbonyl (C=O) groups excluding carboxylic acids is 3. The predicted octanol–water partition coefficient (Wildman–Crippen LogP) is 2.08. The molecule has 0 saturated heterocycles. The quantitative estimate of drug-likeness (QED) is 0.154. The number of esters is 1. The molecule has 194 valence electrons. The van der Waals surface area contributed by atoms with Crippen LogP contribution in [-0.2, 0) is 28.6 Å². The summed E-state index contributed by atoms with van der Waals surface area (Å²) in [7, 11) is 1.49.